The molecule has 1 aliphatic rings. The summed E-state index contributed by atoms with van der Waals surface area (Å²) in [6.07, 6.45) is 2.34. The van der Waals surface area contributed by atoms with Crippen molar-refractivity contribution in [3.8, 4) is 5.75 Å². The number of halogens is 1. The first-order valence-electron chi connectivity index (χ1n) is 12.2. The summed E-state index contributed by atoms with van der Waals surface area (Å²) in [7, 11) is 0. The smallest absolute Gasteiger partial charge is 0.227 e. The molecule has 0 saturated carbocycles. The monoisotopic (exact) mass is 487 g/mol. The second kappa shape index (κ2) is 10.1. The number of fused-ring (bicyclic) bond motifs is 1. The van der Waals surface area contributed by atoms with E-state index in [4.69, 9.17) is 21.3 Å². The molecule has 0 radical (unpaired) electrons. The van der Waals surface area contributed by atoms with Crippen molar-refractivity contribution in [2.45, 2.75) is 45.6 Å². The Bertz CT molecular complexity index is 1340. The normalized spacial score (nSPS) is 15.8. The van der Waals surface area contributed by atoms with Crippen LogP contribution in [-0.4, -0.2) is 28.6 Å². The zero-order valence-electron chi connectivity index (χ0n) is 20.2. The van der Waals surface area contributed by atoms with Gasteiger partial charge in [0, 0.05) is 25.4 Å². The van der Waals surface area contributed by atoms with E-state index in [0.717, 1.165) is 47.7 Å². The summed E-state index contributed by atoms with van der Waals surface area (Å²) >= 11 is 6.39. The first-order valence-corrected chi connectivity index (χ1v) is 12.6. The summed E-state index contributed by atoms with van der Waals surface area (Å²) in [5.74, 6) is 2.08. The lowest BCUT2D eigenvalue weighted by Crippen LogP contribution is -2.24. The highest BCUT2D eigenvalue weighted by Gasteiger charge is 2.35. The molecule has 0 aliphatic carbocycles. The quantitative estimate of drug-likeness (QED) is 0.260. The standard InChI is InChI=1S/C29H30ClN3O2/c1-20-10-9-11-21(2)28(20)35-17-8-7-16-32-26-15-6-4-13-24(26)31-29(32)22-18-27(34)33(19-22)25-14-5-3-12-23(25)30/h3-6,9-15,22H,7-8,16-19H2,1-2H3. The number of anilines is 1. The van der Waals surface area contributed by atoms with Crippen LogP contribution in [-0.2, 0) is 11.3 Å². The van der Waals surface area contributed by atoms with E-state index in [1.165, 1.54) is 11.1 Å². The number of aryl methyl sites for hydroxylation is 3. The number of para-hydroxylation sites is 4. The molecule has 6 heteroatoms. The fourth-order valence-electron chi connectivity index (χ4n) is 5.00. The average Bonchev–Trinajstić information content (AvgIpc) is 3.41. The minimum Gasteiger partial charge on any atom is -0.493 e. The highest BCUT2D eigenvalue weighted by Crippen LogP contribution is 2.36. The van der Waals surface area contributed by atoms with Gasteiger partial charge in [0.1, 0.15) is 11.6 Å². The van der Waals surface area contributed by atoms with E-state index >= 15 is 0 Å². The number of hydrogen-bond donors (Lipinski definition) is 0. The van der Waals surface area contributed by atoms with Crippen LogP contribution >= 0.6 is 11.6 Å². The van der Waals surface area contributed by atoms with Crippen molar-refractivity contribution in [2.75, 3.05) is 18.1 Å². The molecule has 5 nitrogen and oxygen atoms in total. The van der Waals surface area contributed by atoms with Gasteiger partial charge in [0.15, 0.2) is 0 Å². The van der Waals surface area contributed by atoms with Crippen LogP contribution in [0.3, 0.4) is 0 Å². The Balaban J connectivity index is 1.31. The van der Waals surface area contributed by atoms with Crippen molar-refractivity contribution in [3.05, 3.63) is 88.7 Å². The van der Waals surface area contributed by atoms with Crippen molar-refractivity contribution in [1.29, 1.82) is 0 Å². The Labute approximate surface area is 211 Å². The zero-order chi connectivity index (χ0) is 24.4. The Morgan fingerprint density at radius 3 is 2.51 bits per heavy atom. The van der Waals surface area contributed by atoms with Crippen molar-refractivity contribution in [3.63, 3.8) is 0 Å². The summed E-state index contributed by atoms with van der Waals surface area (Å²) in [6, 6.07) is 22.0. The maximum atomic E-state index is 12.9. The number of unbranched alkanes of at least 4 members (excludes halogenated alkanes) is 1. The lowest BCUT2D eigenvalue weighted by atomic mass is 10.1. The van der Waals surface area contributed by atoms with Gasteiger partial charge in [0.25, 0.3) is 0 Å². The molecule has 1 aliphatic heterocycles. The maximum Gasteiger partial charge on any atom is 0.227 e. The molecule has 3 aromatic carbocycles. The third-order valence-corrected chi connectivity index (χ3v) is 7.07. The van der Waals surface area contributed by atoms with Crippen LogP contribution in [0.15, 0.2) is 66.7 Å². The van der Waals surface area contributed by atoms with Gasteiger partial charge in [0.05, 0.1) is 28.4 Å². The minimum absolute atomic E-state index is 0.0250. The van der Waals surface area contributed by atoms with E-state index in [9.17, 15) is 4.79 Å². The van der Waals surface area contributed by atoms with E-state index in [0.29, 0.717) is 24.6 Å². The van der Waals surface area contributed by atoms with Gasteiger partial charge in [0.2, 0.25) is 5.91 Å². The summed E-state index contributed by atoms with van der Waals surface area (Å²) in [4.78, 5) is 19.7. The fourth-order valence-corrected chi connectivity index (χ4v) is 5.24. The molecule has 2 heterocycles. The lowest BCUT2D eigenvalue weighted by molar-refractivity contribution is -0.117. The van der Waals surface area contributed by atoms with E-state index in [-0.39, 0.29) is 11.8 Å². The molecule has 1 amide bonds. The highest BCUT2D eigenvalue weighted by atomic mass is 35.5. The number of imidazole rings is 1. The molecule has 1 saturated heterocycles. The average molecular weight is 488 g/mol. The topological polar surface area (TPSA) is 47.4 Å². The van der Waals surface area contributed by atoms with Crippen LogP contribution < -0.4 is 9.64 Å². The molecule has 180 valence electrons. The van der Waals surface area contributed by atoms with Gasteiger partial charge in [-0.1, -0.05) is 54.1 Å². The molecule has 1 fully saturated rings. The molecule has 1 aromatic heterocycles. The van der Waals surface area contributed by atoms with Crippen LogP contribution in [0.5, 0.6) is 5.75 Å². The van der Waals surface area contributed by atoms with Crippen molar-refractivity contribution < 1.29 is 9.53 Å². The first-order chi connectivity index (χ1) is 17.0. The third kappa shape index (κ3) is 4.78. The Kier molecular flexibility index (Phi) is 6.78. The third-order valence-electron chi connectivity index (χ3n) is 6.75. The number of ether oxygens (including phenoxy) is 1. The number of rotatable bonds is 8. The van der Waals surface area contributed by atoms with Gasteiger partial charge >= 0.3 is 0 Å². The van der Waals surface area contributed by atoms with Crippen LogP contribution in [0.1, 0.15) is 42.1 Å². The number of nitrogens with zero attached hydrogens (tertiary/aromatic N) is 3. The number of benzene rings is 3. The highest BCUT2D eigenvalue weighted by molar-refractivity contribution is 6.33. The molecule has 0 N–H and O–H groups in total. The predicted octanol–water partition coefficient (Wildman–Crippen LogP) is 6.69. The molecular weight excluding hydrogens is 458 g/mol. The van der Waals surface area contributed by atoms with Crippen molar-refractivity contribution in [2.24, 2.45) is 0 Å². The Morgan fingerprint density at radius 2 is 1.71 bits per heavy atom. The second-order valence-electron chi connectivity index (χ2n) is 9.24. The van der Waals surface area contributed by atoms with Crippen LogP contribution in [0.4, 0.5) is 5.69 Å². The van der Waals surface area contributed by atoms with Gasteiger partial charge in [-0.05, 0) is 62.1 Å². The van der Waals surface area contributed by atoms with Crippen LogP contribution in [0, 0.1) is 13.8 Å². The van der Waals surface area contributed by atoms with Crippen LogP contribution in [0.25, 0.3) is 11.0 Å². The molecule has 0 spiro atoms. The Morgan fingerprint density at radius 1 is 0.971 bits per heavy atom. The summed E-state index contributed by atoms with van der Waals surface area (Å²) in [5, 5.41) is 0.596. The first kappa shape index (κ1) is 23.4. The number of carbonyl (C=O) groups is 1. The maximum absolute atomic E-state index is 12.9. The van der Waals surface area contributed by atoms with Crippen LogP contribution in [0.2, 0.25) is 5.02 Å². The van der Waals surface area contributed by atoms with E-state index in [1.54, 1.807) is 4.90 Å². The summed E-state index contributed by atoms with van der Waals surface area (Å²) < 4.78 is 8.40. The SMILES string of the molecule is Cc1cccc(C)c1OCCCCn1c(C2CC(=O)N(c3ccccc3Cl)C2)nc2ccccc21. The van der Waals surface area contributed by atoms with E-state index < -0.39 is 0 Å². The number of aromatic nitrogens is 2. The zero-order valence-corrected chi connectivity index (χ0v) is 21.0. The molecule has 0 bridgehead atoms. The summed E-state index contributed by atoms with van der Waals surface area (Å²) in [5.41, 5.74) is 5.19. The lowest BCUT2D eigenvalue weighted by Gasteiger charge is -2.18. The van der Waals surface area contributed by atoms with Gasteiger partial charge < -0.3 is 14.2 Å². The molecule has 35 heavy (non-hydrogen) atoms. The fraction of sp³-hybridized carbons (Fsp3) is 0.310. The number of hydrogen-bond acceptors (Lipinski definition) is 3. The molecule has 5 rings (SSSR count). The second-order valence-corrected chi connectivity index (χ2v) is 9.65. The predicted molar refractivity (Wildman–Crippen MR) is 142 cm³/mol. The Hall–Kier alpha value is -3.31. The number of carbonyl (C=O) groups excluding carboxylic acids is 1. The number of amides is 1. The minimum atomic E-state index is 0.0250. The molecule has 1 atom stereocenters. The molecular formula is C29H30ClN3O2. The van der Waals surface area contributed by atoms with Gasteiger partial charge in [-0.3, -0.25) is 4.79 Å². The van der Waals surface area contributed by atoms with Gasteiger partial charge in [-0.15, -0.1) is 0 Å². The molecule has 1 unspecified atom stereocenters. The van der Waals surface area contributed by atoms with Gasteiger partial charge in [-0.2, -0.15) is 0 Å². The molecule has 4 aromatic rings. The largest absolute Gasteiger partial charge is 0.493 e. The van der Waals surface area contributed by atoms with Gasteiger partial charge in [-0.25, -0.2) is 4.98 Å². The van der Waals surface area contributed by atoms with Crippen molar-refractivity contribution in [1.82, 2.24) is 9.55 Å². The summed E-state index contributed by atoms with van der Waals surface area (Å²) in [6.45, 7) is 6.27. The van der Waals surface area contributed by atoms with E-state index in [1.807, 2.05) is 42.5 Å². The van der Waals surface area contributed by atoms with Crippen molar-refractivity contribution >= 4 is 34.2 Å². The van der Waals surface area contributed by atoms with E-state index in [2.05, 4.69) is 42.7 Å².